The minimum atomic E-state index is -0.523. The minimum Gasteiger partial charge on any atom is -0.323 e. The molecule has 0 spiro atoms. The van der Waals surface area contributed by atoms with Gasteiger partial charge >= 0.3 is 5.69 Å². The predicted molar refractivity (Wildman–Crippen MR) is 83.5 cm³/mol. The van der Waals surface area contributed by atoms with Crippen molar-refractivity contribution < 1.29 is 9.18 Å². The largest absolute Gasteiger partial charge is 0.343 e. The zero-order valence-corrected chi connectivity index (χ0v) is 13.1. The topological polar surface area (TPSA) is 79.8 Å². The van der Waals surface area contributed by atoms with Crippen LogP contribution in [0.3, 0.4) is 0 Å². The number of hydrogen-bond acceptors (Lipinski definition) is 4. The summed E-state index contributed by atoms with van der Waals surface area (Å²) in [5, 5.41) is 8.74. The molecule has 2 aromatic rings. The van der Waals surface area contributed by atoms with Gasteiger partial charge in [0.05, 0.1) is 10.9 Å². The molecule has 1 heterocycles. The highest BCUT2D eigenvalue weighted by atomic mass is 32.2. The molecule has 0 saturated carbocycles. The molecule has 0 radical (unpaired) electrons. The molecule has 6 nitrogen and oxygen atoms in total. The van der Waals surface area contributed by atoms with E-state index in [0.717, 1.165) is 18.2 Å². The van der Waals surface area contributed by atoms with Crippen molar-refractivity contribution in [2.24, 2.45) is 0 Å². The average Bonchev–Trinajstić information content (AvgIpc) is 2.83. The van der Waals surface area contributed by atoms with Crippen LogP contribution in [0.5, 0.6) is 0 Å². The van der Waals surface area contributed by atoms with E-state index in [0.29, 0.717) is 11.7 Å². The summed E-state index contributed by atoms with van der Waals surface area (Å²) in [5.74, 6) is -0.843. The number of aromatic nitrogens is 3. The second kappa shape index (κ2) is 7.26. The van der Waals surface area contributed by atoms with Crippen molar-refractivity contribution in [2.75, 3.05) is 5.32 Å². The number of nitrogens with one attached hydrogen (secondary N) is 2. The van der Waals surface area contributed by atoms with Gasteiger partial charge in [0.1, 0.15) is 5.82 Å². The maximum atomic E-state index is 13.5. The molecule has 2 rings (SSSR count). The van der Waals surface area contributed by atoms with Gasteiger partial charge in [0.2, 0.25) is 5.91 Å². The summed E-state index contributed by atoms with van der Waals surface area (Å²) in [4.78, 5) is 23.7. The maximum absolute atomic E-state index is 13.5. The number of nitrogens with zero attached hydrogens (tertiary/aromatic N) is 2. The van der Waals surface area contributed by atoms with Gasteiger partial charge in [-0.3, -0.25) is 9.36 Å². The molecule has 0 aliphatic heterocycles. The fraction of sp³-hybridized carbons (Fsp3) is 0.357. The van der Waals surface area contributed by atoms with Gasteiger partial charge in [-0.2, -0.15) is 0 Å². The zero-order valence-electron chi connectivity index (χ0n) is 12.3. The number of anilines is 1. The Hall–Kier alpha value is -2.09. The molecule has 0 unspecified atom stereocenters. The Morgan fingerprint density at radius 2 is 2.23 bits per heavy atom. The third kappa shape index (κ3) is 3.76. The number of H-pyrrole nitrogens is 1. The van der Waals surface area contributed by atoms with Crippen LogP contribution in [0.2, 0.25) is 0 Å². The van der Waals surface area contributed by atoms with Gasteiger partial charge in [-0.1, -0.05) is 30.8 Å². The average molecular weight is 324 g/mol. The van der Waals surface area contributed by atoms with Gasteiger partial charge in [-0.05, 0) is 25.5 Å². The predicted octanol–water partition coefficient (Wildman–Crippen LogP) is 2.24. The number of carbonyl (C=O) groups excluding carboxylic acids is 1. The van der Waals surface area contributed by atoms with E-state index in [1.165, 1.54) is 16.7 Å². The first-order valence-electron chi connectivity index (χ1n) is 6.90. The Labute approximate surface area is 131 Å². The van der Waals surface area contributed by atoms with Crippen LogP contribution in [0.1, 0.15) is 20.3 Å². The SMILES string of the molecule is CCCn1c(S[C@@H](C)C(=O)Nc2ccccc2F)n[nH]c1=O. The van der Waals surface area contributed by atoms with Crippen LogP contribution in [0.4, 0.5) is 10.1 Å². The van der Waals surface area contributed by atoms with Crippen LogP contribution in [-0.2, 0) is 11.3 Å². The fourth-order valence-electron chi connectivity index (χ4n) is 1.82. The molecule has 0 saturated heterocycles. The lowest BCUT2D eigenvalue weighted by Crippen LogP contribution is -2.24. The fourth-order valence-corrected chi connectivity index (χ4v) is 2.70. The van der Waals surface area contributed by atoms with Crippen molar-refractivity contribution in [3.8, 4) is 0 Å². The zero-order chi connectivity index (χ0) is 16.1. The third-order valence-corrected chi connectivity index (χ3v) is 4.04. The lowest BCUT2D eigenvalue weighted by atomic mass is 10.3. The Morgan fingerprint density at radius 3 is 2.91 bits per heavy atom. The number of carbonyl (C=O) groups is 1. The number of aromatic amines is 1. The van der Waals surface area contributed by atoms with Crippen molar-refractivity contribution in [2.45, 2.75) is 37.2 Å². The van der Waals surface area contributed by atoms with E-state index in [9.17, 15) is 14.0 Å². The monoisotopic (exact) mass is 324 g/mol. The number of para-hydroxylation sites is 1. The number of thioether (sulfide) groups is 1. The minimum absolute atomic E-state index is 0.132. The summed E-state index contributed by atoms with van der Waals surface area (Å²) in [5.41, 5.74) is -0.168. The highest BCUT2D eigenvalue weighted by molar-refractivity contribution is 8.00. The molecule has 0 bridgehead atoms. The van der Waals surface area contributed by atoms with Crippen molar-refractivity contribution >= 4 is 23.4 Å². The molecular weight excluding hydrogens is 307 g/mol. The Kier molecular flexibility index (Phi) is 5.37. The molecule has 0 aliphatic carbocycles. The summed E-state index contributed by atoms with van der Waals surface area (Å²) in [6.45, 7) is 4.15. The molecular formula is C14H17FN4O2S. The van der Waals surface area contributed by atoms with Gasteiger partial charge < -0.3 is 5.32 Å². The Morgan fingerprint density at radius 1 is 1.50 bits per heavy atom. The summed E-state index contributed by atoms with van der Waals surface area (Å²) in [7, 11) is 0. The van der Waals surface area contributed by atoms with E-state index in [-0.39, 0.29) is 17.3 Å². The highest BCUT2D eigenvalue weighted by Crippen LogP contribution is 2.22. The number of amides is 1. The summed E-state index contributed by atoms with van der Waals surface area (Å²) in [6.07, 6.45) is 0.781. The molecule has 118 valence electrons. The van der Waals surface area contributed by atoms with Crippen molar-refractivity contribution in [1.29, 1.82) is 0 Å². The van der Waals surface area contributed by atoms with Gasteiger partial charge in [-0.15, -0.1) is 5.10 Å². The van der Waals surface area contributed by atoms with Crippen LogP contribution in [0.15, 0.2) is 34.2 Å². The summed E-state index contributed by atoms with van der Waals surface area (Å²) < 4.78 is 15.0. The van der Waals surface area contributed by atoms with Crippen molar-refractivity contribution in [3.05, 3.63) is 40.6 Å². The number of hydrogen-bond donors (Lipinski definition) is 2. The maximum Gasteiger partial charge on any atom is 0.343 e. The van der Waals surface area contributed by atoms with E-state index >= 15 is 0 Å². The van der Waals surface area contributed by atoms with Gasteiger partial charge in [-0.25, -0.2) is 14.3 Å². The second-order valence-electron chi connectivity index (χ2n) is 4.69. The quantitative estimate of drug-likeness (QED) is 0.799. The number of halogens is 1. The first-order chi connectivity index (χ1) is 10.5. The number of rotatable bonds is 6. The first kappa shape index (κ1) is 16.3. The summed E-state index contributed by atoms with van der Waals surface area (Å²) in [6, 6.07) is 5.96. The van der Waals surface area contributed by atoms with Crippen LogP contribution < -0.4 is 11.0 Å². The van der Waals surface area contributed by atoms with E-state index in [1.807, 2.05) is 6.92 Å². The van der Waals surface area contributed by atoms with E-state index in [4.69, 9.17) is 0 Å². The van der Waals surface area contributed by atoms with Crippen LogP contribution in [0, 0.1) is 5.82 Å². The highest BCUT2D eigenvalue weighted by Gasteiger charge is 2.19. The van der Waals surface area contributed by atoms with E-state index in [1.54, 1.807) is 19.1 Å². The lowest BCUT2D eigenvalue weighted by molar-refractivity contribution is -0.115. The number of benzene rings is 1. The molecule has 1 amide bonds. The van der Waals surface area contributed by atoms with Crippen molar-refractivity contribution in [1.82, 2.24) is 14.8 Å². The van der Waals surface area contributed by atoms with Gasteiger partial charge in [0.15, 0.2) is 5.16 Å². The van der Waals surface area contributed by atoms with E-state index < -0.39 is 11.1 Å². The molecule has 2 N–H and O–H groups in total. The van der Waals surface area contributed by atoms with Crippen LogP contribution >= 0.6 is 11.8 Å². The molecule has 0 aliphatic rings. The molecule has 8 heteroatoms. The van der Waals surface area contributed by atoms with Crippen molar-refractivity contribution in [3.63, 3.8) is 0 Å². The molecule has 1 atom stereocenters. The third-order valence-electron chi connectivity index (χ3n) is 2.95. The Balaban J connectivity index is 2.06. The normalized spacial score (nSPS) is 12.1. The summed E-state index contributed by atoms with van der Waals surface area (Å²) >= 11 is 1.15. The Bertz CT molecular complexity index is 713. The first-order valence-corrected chi connectivity index (χ1v) is 7.78. The smallest absolute Gasteiger partial charge is 0.323 e. The molecule has 22 heavy (non-hydrogen) atoms. The second-order valence-corrected chi connectivity index (χ2v) is 6.00. The lowest BCUT2D eigenvalue weighted by Gasteiger charge is -2.12. The molecule has 1 aromatic carbocycles. The van der Waals surface area contributed by atoms with E-state index in [2.05, 4.69) is 15.5 Å². The van der Waals surface area contributed by atoms with Crippen LogP contribution in [-0.4, -0.2) is 25.9 Å². The van der Waals surface area contributed by atoms with Crippen LogP contribution in [0.25, 0.3) is 0 Å². The van der Waals surface area contributed by atoms with Gasteiger partial charge in [0, 0.05) is 6.54 Å². The molecule has 0 fully saturated rings. The molecule has 1 aromatic heterocycles. The standard InChI is InChI=1S/C14H17FN4O2S/c1-3-8-19-13(21)17-18-14(19)22-9(2)12(20)16-11-7-5-4-6-10(11)15/h4-7,9H,3,8H2,1-2H3,(H,16,20)(H,17,21)/t9-/m0/s1. The van der Waals surface area contributed by atoms with Gasteiger partial charge in [0.25, 0.3) is 0 Å².